The van der Waals surface area contributed by atoms with Crippen LogP contribution in [-0.4, -0.2) is 63.4 Å². The van der Waals surface area contributed by atoms with Crippen LogP contribution in [0.4, 0.5) is 10.7 Å². The second kappa shape index (κ2) is 9.44. The molecule has 2 aromatic heterocycles. The Morgan fingerprint density at radius 2 is 1.94 bits per heavy atom. The highest BCUT2D eigenvalue weighted by molar-refractivity contribution is 6.31. The lowest BCUT2D eigenvalue weighted by Crippen LogP contribution is -2.54. The summed E-state index contributed by atoms with van der Waals surface area (Å²) in [4.78, 5) is 21.6. The third kappa shape index (κ3) is 4.24. The average Bonchev–Trinajstić information content (AvgIpc) is 3.26. The maximum absolute atomic E-state index is 12.8. The van der Waals surface area contributed by atoms with Gasteiger partial charge in [0.2, 0.25) is 5.95 Å². The quantitative estimate of drug-likeness (QED) is 0.428. The highest BCUT2D eigenvalue weighted by Gasteiger charge is 2.31. The minimum absolute atomic E-state index is 0.0775. The number of piperazine rings is 1. The van der Waals surface area contributed by atoms with Crippen LogP contribution < -0.4 is 4.90 Å². The van der Waals surface area contributed by atoms with Crippen molar-refractivity contribution in [2.75, 3.05) is 31.6 Å². The van der Waals surface area contributed by atoms with E-state index in [0.717, 1.165) is 16.5 Å². The van der Waals surface area contributed by atoms with Crippen molar-refractivity contribution in [3.05, 3.63) is 64.9 Å². The summed E-state index contributed by atoms with van der Waals surface area (Å²) in [6.07, 6.45) is -0.316. The predicted molar refractivity (Wildman–Crippen MR) is 129 cm³/mol. The molecule has 1 atom stereocenters. The Morgan fingerprint density at radius 3 is 2.71 bits per heavy atom. The molecule has 0 bridgehead atoms. The van der Waals surface area contributed by atoms with Crippen LogP contribution in [0.3, 0.4) is 0 Å². The minimum atomic E-state index is -0.316. The largest absolute Gasteiger partial charge is 0.445 e. The van der Waals surface area contributed by atoms with E-state index in [4.69, 9.17) is 26.1 Å². The number of methoxy groups -OCH3 is 1. The van der Waals surface area contributed by atoms with Crippen LogP contribution in [0.15, 0.2) is 48.5 Å². The Kier molecular flexibility index (Phi) is 6.21. The Labute approximate surface area is 201 Å². The van der Waals surface area contributed by atoms with E-state index < -0.39 is 0 Å². The van der Waals surface area contributed by atoms with Gasteiger partial charge >= 0.3 is 6.09 Å². The van der Waals surface area contributed by atoms with Crippen molar-refractivity contribution < 1.29 is 14.3 Å². The van der Waals surface area contributed by atoms with Crippen molar-refractivity contribution in [3.63, 3.8) is 0 Å². The van der Waals surface area contributed by atoms with Crippen LogP contribution in [-0.2, 0) is 22.7 Å². The average molecular weight is 481 g/mol. The first kappa shape index (κ1) is 22.4. The fraction of sp³-hybridized carbons (Fsp3) is 0.333. The molecule has 0 radical (unpaired) electrons. The van der Waals surface area contributed by atoms with Crippen molar-refractivity contribution in [2.24, 2.45) is 0 Å². The fourth-order valence-corrected chi connectivity index (χ4v) is 4.46. The number of ether oxygens (including phenoxy) is 2. The summed E-state index contributed by atoms with van der Waals surface area (Å²) in [5, 5.41) is 10.2. The number of carbonyl (C=O) groups is 1. The summed E-state index contributed by atoms with van der Waals surface area (Å²) in [6.45, 7) is 4.24. The number of hydrogen-bond donors (Lipinski definition) is 0. The third-order valence-electron chi connectivity index (χ3n) is 5.97. The topological polar surface area (TPSA) is 85.1 Å². The lowest BCUT2D eigenvalue weighted by atomic mass is 10.2. The van der Waals surface area contributed by atoms with Gasteiger partial charge in [0.1, 0.15) is 13.2 Å². The molecular formula is C24H25ClN6O3. The van der Waals surface area contributed by atoms with Crippen LogP contribution in [0.5, 0.6) is 0 Å². The Hall–Kier alpha value is -3.43. The number of aromatic nitrogens is 4. The summed E-state index contributed by atoms with van der Waals surface area (Å²) in [6, 6.07) is 15.1. The Morgan fingerprint density at radius 1 is 1.12 bits per heavy atom. The maximum atomic E-state index is 12.8. The van der Waals surface area contributed by atoms with Crippen LogP contribution in [0.1, 0.15) is 18.3 Å². The highest BCUT2D eigenvalue weighted by Crippen LogP contribution is 2.28. The zero-order valence-electron chi connectivity index (χ0n) is 19.0. The van der Waals surface area contributed by atoms with E-state index in [1.807, 2.05) is 59.9 Å². The van der Waals surface area contributed by atoms with Crippen LogP contribution in [0.2, 0.25) is 5.02 Å². The summed E-state index contributed by atoms with van der Waals surface area (Å²) in [5.41, 5.74) is 2.40. The van der Waals surface area contributed by atoms with Crippen molar-refractivity contribution in [1.82, 2.24) is 24.5 Å². The van der Waals surface area contributed by atoms with E-state index in [9.17, 15) is 4.79 Å². The molecule has 0 saturated carbocycles. The number of benzene rings is 2. The minimum Gasteiger partial charge on any atom is -0.445 e. The molecule has 1 aliphatic rings. The van der Waals surface area contributed by atoms with Gasteiger partial charge in [0.15, 0.2) is 11.5 Å². The van der Waals surface area contributed by atoms with E-state index >= 15 is 0 Å². The Balaban J connectivity index is 1.40. The smallest absolute Gasteiger partial charge is 0.410 e. The zero-order valence-corrected chi connectivity index (χ0v) is 19.8. The highest BCUT2D eigenvalue weighted by atomic mass is 35.5. The molecule has 1 amide bonds. The normalized spacial score (nSPS) is 16.4. The summed E-state index contributed by atoms with van der Waals surface area (Å²) >= 11 is 6.24. The third-order valence-corrected chi connectivity index (χ3v) is 6.21. The molecule has 3 heterocycles. The molecule has 0 unspecified atom stereocenters. The van der Waals surface area contributed by atoms with Gasteiger partial charge in [0.25, 0.3) is 0 Å². The SMILES string of the molecule is COCc1nnc2c3ccc(Cl)cc3nc(N3CCN(C(=O)OCc4ccccc4)[C@@H](C)C3)n12. The number of carbonyl (C=O) groups excluding carboxylic acids is 1. The van der Waals surface area contributed by atoms with E-state index in [-0.39, 0.29) is 18.7 Å². The molecule has 0 N–H and O–H groups in total. The lowest BCUT2D eigenvalue weighted by molar-refractivity contribution is 0.0793. The first-order chi connectivity index (χ1) is 16.5. The van der Waals surface area contributed by atoms with Gasteiger partial charge in [-0.2, -0.15) is 0 Å². The molecule has 1 fully saturated rings. The van der Waals surface area contributed by atoms with Crippen molar-refractivity contribution >= 4 is 40.2 Å². The first-order valence-corrected chi connectivity index (χ1v) is 11.5. The monoisotopic (exact) mass is 480 g/mol. The van der Waals surface area contributed by atoms with Gasteiger partial charge in [-0.1, -0.05) is 41.9 Å². The molecule has 1 saturated heterocycles. The van der Waals surface area contributed by atoms with Crippen LogP contribution in [0.25, 0.3) is 16.6 Å². The van der Waals surface area contributed by atoms with Crippen molar-refractivity contribution in [1.29, 1.82) is 0 Å². The molecule has 1 aliphatic heterocycles. The van der Waals surface area contributed by atoms with Crippen LogP contribution in [0, 0.1) is 0 Å². The molecule has 2 aromatic carbocycles. The molecular weight excluding hydrogens is 456 g/mol. The fourth-order valence-electron chi connectivity index (χ4n) is 4.29. The second-order valence-electron chi connectivity index (χ2n) is 8.31. The van der Waals surface area contributed by atoms with Gasteiger partial charge in [0.05, 0.1) is 5.52 Å². The predicted octanol–water partition coefficient (Wildman–Crippen LogP) is 3.92. The van der Waals surface area contributed by atoms with Gasteiger partial charge in [-0.05, 0) is 30.7 Å². The Bertz CT molecular complexity index is 1330. The van der Waals surface area contributed by atoms with Gasteiger partial charge in [-0.3, -0.25) is 0 Å². The van der Waals surface area contributed by atoms with Crippen molar-refractivity contribution in [3.8, 4) is 0 Å². The molecule has 34 heavy (non-hydrogen) atoms. The first-order valence-electron chi connectivity index (χ1n) is 11.1. The standard InChI is InChI=1S/C24H25ClN6O3/c1-16-13-29(10-11-30(16)24(32)34-14-17-6-4-3-5-7-17)23-26-20-12-18(25)8-9-19(20)22-28-27-21(15-33-2)31(22)23/h3-9,12,16H,10-11,13-15H2,1-2H3/t16-/m0/s1. The van der Waals surface area contributed by atoms with E-state index in [2.05, 4.69) is 15.1 Å². The molecule has 0 aliphatic carbocycles. The number of hydrogen-bond acceptors (Lipinski definition) is 7. The number of anilines is 1. The van der Waals surface area contributed by atoms with Gasteiger partial charge in [-0.25, -0.2) is 14.2 Å². The second-order valence-corrected chi connectivity index (χ2v) is 8.75. The molecule has 4 aromatic rings. The summed E-state index contributed by atoms with van der Waals surface area (Å²) < 4.78 is 12.8. The molecule has 9 nitrogen and oxygen atoms in total. The van der Waals surface area contributed by atoms with Crippen LogP contribution >= 0.6 is 11.6 Å². The molecule has 176 valence electrons. The number of nitrogens with zero attached hydrogens (tertiary/aromatic N) is 6. The molecule has 5 rings (SSSR count). The van der Waals surface area contributed by atoms with Gasteiger partial charge in [0, 0.05) is 43.2 Å². The van der Waals surface area contributed by atoms with E-state index in [1.165, 1.54) is 0 Å². The number of halogens is 1. The number of fused-ring (bicyclic) bond motifs is 3. The zero-order chi connectivity index (χ0) is 23.7. The lowest BCUT2D eigenvalue weighted by Gasteiger charge is -2.39. The molecule has 0 spiro atoms. The number of amides is 1. The molecule has 10 heteroatoms. The summed E-state index contributed by atoms with van der Waals surface area (Å²) in [5.74, 6) is 1.36. The van der Waals surface area contributed by atoms with E-state index in [1.54, 1.807) is 12.0 Å². The van der Waals surface area contributed by atoms with Crippen molar-refractivity contribution in [2.45, 2.75) is 26.2 Å². The maximum Gasteiger partial charge on any atom is 0.410 e. The number of rotatable bonds is 5. The van der Waals surface area contributed by atoms with Gasteiger partial charge < -0.3 is 19.3 Å². The summed E-state index contributed by atoms with van der Waals surface area (Å²) in [7, 11) is 1.62. The van der Waals surface area contributed by atoms with E-state index in [0.29, 0.717) is 48.7 Å². The van der Waals surface area contributed by atoms with Gasteiger partial charge in [-0.15, -0.1) is 10.2 Å².